The quantitative estimate of drug-likeness (QED) is 0.566. The second kappa shape index (κ2) is 9.30. The SMILES string of the molecule is Cc1ccc(Oc2ccc(NC(=O)CCC(=O)c3ccc4c(c3)OCCO4)cn2)cc1. The van der Waals surface area contributed by atoms with Gasteiger partial charge in [-0.3, -0.25) is 9.59 Å². The summed E-state index contributed by atoms with van der Waals surface area (Å²) in [6.45, 7) is 2.95. The third-order valence-electron chi connectivity index (χ3n) is 4.71. The maximum atomic E-state index is 12.4. The van der Waals surface area contributed by atoms with E-state index in [2.05, 4.69) is 10.3 Å². The van der Waals surface area contributed by atoms with Crippen LogP contribution in [0, 0.1) is 6.92 Å². The van der Waals surface area contributed by atoms with Crippen LogP contribution in [-0.2, 0) is 4.79 Å². The topological polar surface area (TPSA) is 86.8 Å². The van der Waals surface area contributed by atoms with Crippen LogP contribution in [0.4, 0.5) is 5.69 Å². The largest absolute Gasteiger partial charge is 0.486 e. The number of aromatic nitrogens is 1. The Morgan fingerprint density at radius 1 is 0.968 bits per heavy atom. The monoisotopic (exact) mass is 418 g/mol. The third kappa shape index (κ3) is 5.39. The van der Waals surface area contributed by atoms with Crippen molar-refractivity contribution >= 4 is 17.4 Å². The fourth-order valence-corrected chi connectivity index (χ4v) is 3.05. The smallest absolute Gasteiger partial charge is 0.224 e. The molecule has 7 nitrogen and oxygen atoms in total. The molecule has 0 aliphatic carbocycles. The van der Waals surface area contributed by atoms with Crippen molar-refractivity contribution < 1.29 is 23.8 Å². The molecule has 1 aliphatic heterocycles. The first kappa shape index (κ1) is 20.4. The molecule has 1 amide bonds. The summed E-state index contributed by atoms with van der Waals surface area (Å²) in [5, 5.41) is 2.74. The number of amides is 1. The van der Waals surface area contributed by atoms with Crippen molar-refractivity contribution in [3.8, 4) is 23.1 Å². The van der Waals surface area contributed by atoms with Gasteiger partial charge in [0.2, 0.25) is 11.8 Å². The van der Waals surface area contributed by atoms with Crippen molar-refractivity contribution in [3.63, 3.8) is 0 Å². The maximum absolute atomic E-state index is 12.4. The fourth-order valence-electron chi connectivity index (χ4n) is 3.05. The van der Waals surface area contributed by atoms with E-state index in [1.54, 1.807) is 30.3 Å². The molecule has 1 aromatic heterocycles. The highest BCUT2D eigenvalue weighted by Crippen LogP contribution is 2.31. The van der Waals surface area contributed by atoms with Gasteiger partial charge < -0.3 is 19.5 Å². The average molecular weight is 418 g/mol. The summed E-state index contributed by atoms with van der Waals surface area (Å²) < 4.78 is 16.6. The first-order valence-corrected chi connectivity index (χ1v) is 10.00. The number of carbonyl (C=O) groups is 2. The van der Waals surface area contributed by atoms with Gasteiger partial charge in [0, 0.05) is 24.5 Å². The average Bonchev–Trinajstić information content (AvgIpc) is 2.80. The van der Waals surface area contributed by atoms with E-state index in [1.165, 1.54) is 6.20 Å². The van der Waals surface area contributed by atoms with Gasteiger partial charge in [-0.1, -0.05) is 17.7 Å². The fraction of sp³-hybridized carbons (Fsp3) is 0.208. The van der Waals surface area contributed by atoms with E-state index in [0.717, 1.165) is 5.56 Å². The predicted molar refractivity (Wildman–Crippen MR) is 115 cm³/mol. The van der Waals surface area contributed by atoms with Crippen LogP contribution >= 0.6 is 0 Å². The Hall–Kier alpha value is -3.87. The molecule has 0 radical (unpaired) electrons. The predicted octanol–water partition coefficient (Wildman–Crippen LogP) is 4.56. The van der Waals surface area contributed by atoms with Crippen LogP contribution in [0.5, 0.6) is 23.1 Å². The van der Waals surface area contributed by atoms with Gasteiger partial charge in [-0.25, -0.2) is 4.98 Å². The summed E-state index contributed by atoms with van der Waals surface area (Å²) in [5.41, 5.74) is 2.18. The molecular formula is C24H22N2O5. The van der Waals surface area contributed by atoms with Crippen LogP contribution in [0.2, 0.25) is 0 Å². The molecule has 2 aromatic carbocycles. The molecule has 2 heterocycles. The van der Waals surface area contributed by atoms with E-state index >= 15 is 0 Å². The lowest BCUT2D eigenvalue weighted by Crippen LogP contribution is -2.16. The lowest BCUT2D eigenvalue weighted by molar-refractivity contribution is -0.116. The summed E-state index contributed by atoms with van der Waals surface area (Å²) in [6, 6.07) is 16.1. The van der Waals surface area contributed by atoms with Crippen LogP contribution < -0.4 is 19.5 Å². The zero-order valence-corrected chi connectivity index (χ0v) is 17.1. The summed E-state index contributed by atoms with van der Waals surface area (Å²) in [5.74, 6) is 1.90. The number of aryl methyl sites for hydroxylation is 1. The number of ether oxygens (including phenoxy) is 3. The standard InChI is InChI=1S/C24H22N2O5/c1-16-2-6-19(7-3-16)31-24-11-5-18(15-25-24)26-23(28)10-8-20(27)17-4-9-21-22(14-17)30-13-12-29-21/h2-7,9,11,14-15H,8,10,12-13H2,1H3,(H,26,28). The molecule has 3 aromatic rings. The van der Waals surface area contributed by atoms with E-state index in [-0.39, 0.29) is 24.5 Å². The first-order valence-electron chi connectivity index (χ1n) is 10.00. The Morgan fingerprint density at radius 3 is 2.48 bits per heavy atom. The number of pyridine rings is 1. The highest BCUT2D eigenvalue weighted by molar-refractivity contribution is 6.00. The maximum Gasteiger partial charge on any atom is 0.224 e. The van der Waals surface area contributed by atoms with Crippen molar-refractivity contribution in [2.45, 2.75) is 19.8 Å². The van der Waals surface area contributed by atoms with Gasteiger partial charge in [-0.15, -0.1) is 0 Å². The number of nitrogens with one attached hydrogen (secondary N) is 1. The molecule has 1 aliphatic rings. The van der Waals surface area contributed by atoms with Crippen LogP contribution in [0.1, 0.15) is 28.8 Å². The highest BCUT2D eigenvalue weighted by atomic mass is 16.6. The molecule has 1 N–H and O–H groups in total. The molecule has 0 fully saturated rings. The van der Waals surface area contributed by atoms with E-state index < -0.39 is 0 Å². The van der Waals surface area contributed by atoms with Gasteiger partial charge in [-0.05, 0) is 43.3 Å². The van der Waals surface area contributed by atoms with E-state index in [9.17, 15) is 9.59 Å². The van der Waals surface area contributed by atoms with Crippen LogP contribution in [-0.4, -0.2) is 29.9 Å². The number of nitrogens with zero attached hydrogens (tertiary/aromatic N) is 1. The van der Waals surface area contributed by atoms with Crippen molar-refractivity contribution in [1.82, 2.24) is 4.98 Å². The van der Waals surface area contributed by atoms with Gasteiger partial charge >= 0.3 is 0 Å². The Balaban J connectivity index is 1.27. The molecule has 4 rings (SSSR count). The van der Waals surface area contributed by atoms with Crippen molar-refractivity contribution in [3.05, 3.63) is 71.9 Å². The minimum atomic E-state index is -0.264. The lowest BCUT2D eigenvalue weighted by atomic mass is 10.1. The van der Waals surface area contributed by atoms with Crippen molar-refractivity contribution in [1.29, 1.82) is 0 Å². The number of ketones is 1. The van der Waals surface area contributed by atoms with Crippen molar-refractivity contribution in [2.24, 2.45) is 0 Å². The van der Waals surface area contributed by atoms with Gasteiger partial charge in [0.1, 0.15) is 19.0 Å². The number of benzene rings is 2. The van der Waals surface area contributed by atoms with Gasteiger partial charge in [-0.2, -0.15) is 0 Å². The summed E-state index contributed by atoms with van der Waals surface area (Å²) >= 11 is 0. The summed E-state index contributed by atoms with van der Waals surface area (Å²) in [4.78, 5) is 28.8. The molecule has 0 saturated carbocycles. The van der Waals surface area contributed by atoms with Crippen LogP contribution in [0.25, 0.3) is 0 Å². The second-order valence-electron chi connectivity index (χ2n) is 7.13. The van der Waals surface area contributed by atoms with Crippen LogP contribution in [0.3, 0.4) is 0 Å². The molecule has 158 valence electrons. The minimum Gasteiger partial charge on any atom is -0.486 e. The molecule has 0 spiro atoms. The van der Waals surface area contributed by atoms with Gasteiger partial charge in [0.25, 0.3) is 0 Å². The number of Topliss-reactive ketones (excluding diaryl/α,β-unsaturated/α-hetero) is 1. The zero-order valence-electron chi connectivity index (χ0n) is 17.1. The first-order chi connectivity index (χ1) is 15.1. The van der Waals surface area contributed by atoms with E-state index in [4.69, 9.17) is 14.2 Å². The molecule has 0 unspecified atom stereocenters. The lowest BCUT2D eigenvalue weighted by Gasteiger charge is -2.18. The molecular weight excluding hydrogens is 396 g/mol. The van der Waals surface area contributed by atoms with E-state index in [1.807, 2.05) is 31.2 Å². The van der Waals surface area contributed by atoms with Gasteiger partial charge in [0.15, 0.2) is 17.3 Å². The minimum absolute atomic E-state index is 0.0644. The third-order valence-corrected chi connectivity index (χ3v) is 4.71. The number of fused-ring (bicyclic) bond motifs is 1. The number of carbonyl (C=O) groups excluding carboxylic acids is 2. The number of rotatable bonds is 7. The molecule has 0 bridgehead atoms. The van der Waals surface area contributed by atoms with Crippen LogP contribution in [0.15, 0.2) is 60.8 Å². The Labute approximate surface area is 180 Å². The number of anilines is 1. The number of hydrogen-bond donors (Lipinski definition) is 1. The van der Waals surface area contributed by atoms with Crippen molar-refractivity contribution in [2.75, 3.05) is 18.5 Å². The Bertz CT molecular complexity index is 1080. The summed E-state index contributed by atoms with van der Waals surface area (Å²) in [7, 11) is 0. The van der Waals surface area contributed by atoms with Gasteiger partial charge in [0.05, 0.1) is 11.9 Å². The Morgan fingerprint density at radius 2 is 1.74 bits per heavy atom. The second-order valence-corrected chi connectivity index (χ2v) is 7.13. The normalized spacial score (nSPS) is 12.2. The zero-order chi connectivity index (χ0) is 21.6. The highest BCUT2D eigenvalue weighted by Gasteiger charge is 2.16. The Kier molecular flexibility index (Phi) is 6.12. The number of hydrogen-bond acceptors (Lipinski definition) is 6. The molecule has 7 heteroatoms. The molecule has 0 saturated heterocycles. The molecule has 0 atom stereocenters. The molecule has 31 heavy (non-hydrogen) atoms. The summed E-state index contributed by atoms with van der Waals surface area (Å²) in [6.07, 6.45) is 1.67. The van der Waals surface area contributed by atoms with E-state index in [0.29, 0.717) is 47.6 Å².